The van der Waals surface area contributed by atoms with Gasteiger partial charge >= 0.3 is 343 Å². The van der Waals surface area contributed by atoms with Gasteiger partial charge in [-0.05, 0) is 0 Å². The summed E-state index contributed by atoms with van der Waals surface area (Å²) in [6.07, 6.45) is 12.9. The van der Waals surface area contributed by atoms with Crippen molar-refractivity contribution in [3.63, 3.8) is 0 Å². The first-order valence-electron chi connectivity index (χ1n) is 21.7. The van der Waals surface area contributed by atoms with Crippen molar-refractivity contribution in [2.75, 3.05) is 0 Å². The van der Waals surface area contributed by atoms with Crippen LogP contribution in [0.3, 0.4) is 0 Å². The molecular weight excluding hydrogens is 791 g/mol. The molecule has 8 aromatic carbocycles. The van der Waals surface area contributed by atoms with Gasteiger partial charge in [0.05, 0.1) is 0 Å². The number of hydrogen-bond acceptors (Lipinski definition) is 0. The van der Waals surface area contributed by atoms with Gasteiger partial charge in [0.2, 0.25) is 0 Å². The van der Waals surface area contributed by atoms with Crippen molar-refractivity contribution in [1.82, 2.24) is 0 Å². The summed E-state index contributed by atoms with van der Waals surface area (Å²) in [5.41, 5.74) is 15.5. The molecule has 0 nitrogen and oxygen atoms in total. The molecule has 1 heterocycles. The van der Waals surface area contributed by atoms with Crippen molar-refractivity contribution >= 4 is 55.2 Å². The summed E-state index contributed by atoms with van der Waals surface area (Å²) in [5.74, 6) is 0. The van der Waals surface area contributed by atoms with E-state index in [-0.39, 0.29) is 24.8 Å². The molecule has 0 aromatic heterocycles. The predicted molar refractivity (Wildman–Crippen MR) is 244 cm³/mol. The van der Waals surface area contributed by atoms with Gasteiger partial charge < -0.3 is 24.8 Å². The summed E-state index contributed by atoms with van der Waals surface area (Å²) in [6.45, 7) is 4.74. The Balaban J connectivity index is 0.00000224. The molecule has 59 heavy (non-hydrogen) atoms. The Morgan fingerprint density at radius 2 is 0.797 bits per heavy atom. The van der Waals surface area contributed by atoms with Crippen LogP contribution in [0.25, 0.3) is 77.5 Å². The zero-order chi connectivity index (χ0) is 38.1. The zero-order valence-corrected chi connectivity index (χ0v) is 37.2. The van der Waals surface area contributed by atoms with Gasteiger partial charge in [0.25, 0.3) is 0 Å². The third kappa shape index (κ3) is 6.46. The number of unbranched alkanes of at least 4 members (excludes halogenated alkanes) is 2. The minimum atomic E-state index is -2.65. The molecular formula is C56H50Cl2Ti. The molecule has 1 fully saturated rings. The fraction of sp³-hybridized carbons (Fsp3) is 0.214. The molecule has 2 unspecified atom stereocenters. The largest absolute Gasteiger partial charge is 1.00 e. The molecule has 1 saturated heterocycles. The van der Waals surface area contributed by atoms with Gasteiger partial charge in [-0.1, -0.05) is 0 Å². The summed E-state index contributed by atoms with van der Waals surface area (Å²) in [6, 6.07) is 55.8. The Labute approximate surface area is 365 Å². The van der Waals surface area contributed by atoms with Crippen LogP contribution in [0.1, 0.15) is 83.1 Å². The molecule has 11 rings (SSSR count). The maximum Gasteiger partial charge on any atom is -1.00 e. The van der Waals surface area contributed by atoms with E-state index in [2.05, 4.69) is 172 Å². The van der Waals surface area contributed by atoms with Crippen LogP contribution in [0, 0.1) is 0 Å². The van der Waals surface area contributed by atoms with Crippen LogP contribution >= 0.6 is 0 Å². The van der Waals surface area contributed by atoms with Crippen molar-refractivity contribution in [3.8, 4) is 22.3 Å². The van der Waals surface area contributed by atoms with E-state index in [0.717, 1.165) is 0 Å². The van der Waals surface area contributed by atoms with Gasteiger partial charge in [-0.25, -0.2) is 0 Å². The average Bonchev–Trinajstić information content (AvgIpc) is 3.79. The minimum Gasteiger partial charge on any atom is -1.00 e. The summed E-state index contributed by atoms with van der Waals surface area (Å²) >= 11 is -2.65. The zero-order valence-electron chi connectivity index (χ0n) is 34.1. The fourth-order valence-electron chi connectivity index (χ4n) is 11.4. The summed E-state index contributed by atoms with van der Waals surface area (Å²) in [5, 5.41) is 10.8. The second kappa shape index (κ2) is 16.2. The minimum absolute atomic E-state index is 0. The van der Waals surface area contributed by atoms with Crippen molar-refractivity contribution < 1.29 is 41.4 Å². The topological polar surface area (TPSA) is 0 Å². The summed E-state index contributed by atoms with van der Waals surface area (Å²) in [7, 11) is 0. The number of rotatable bonds is 10. The fourth-order valence-corrected chi connectivity index (χ4v) is 21.8. The average molecular weight is 842 g/mol. The maximum absolute atomic E-state index is 2.72. The van der Waals surface area contributed by atoms with Gasteiger partial charge in [-0.3, -0.25) is 0 Å². The van der Waals surface area contributed by atoms with Gasteiger partial charge in [0.15, 0.2) is 0 Å². The van der Waals surface area contributed by atoms with E-state index in [1.54, 1.807) is 22.3 Å². The molecule has 0 bridgehead atoms. The maximum atomic E-state index is 2.72. The van der Waals surface area contributed by atoms with Crippen LogP contribution in [0.4, 0.5) is 0 Å². The van der Waals surface area contributed by atoms with Gasteiger partial charge in [0.1, 0.15) is 0 Å². The Kier molecular flexibility index (Phi) is 11.0. The van der Waals surface area contributed by atoms with E-state index < -0.39 is 16.6 Å². The molecule has 292 valence electrons. The molecule has 8 aromatic rings. The van der Waals surface area contributed by atoms with E-state index in [9.17, 15) is 0 Å². The van der Waals surface area contributed by atoms with Crippen LogP contribution in [0.5, 0.6) is 0 Å². The molecule has 0 N–H and O–H groups in total. The van der Waals surface area contributed by atoms with E-state index in [1.165, 1.54) is 124 Å². The number of fused-ring (bicyclic) bond motifs is 6. The molecule has 0 saturated carbocycles. The number of allylic oxidation sites excluding steroid dienone is 2. The SMILES string of the molecule is CCCCC1=Cc2c(-c3c4ccccc4cc4ccccc34)cccc2[CH]1[Ti+2]1([CH]2C(CCCC)=Cc3c(-c4c5ccccc5cc5ccccc45)cccc32)[CH2][CH2]1.[Cl-].[Cl-]. The molecule has 0 spiro atoms. The van der Waals surface area contributed by atoms with Crippen molar-refractivity contribution in [1.29, 1.82) is 0 Å². The first kappa shape index (κ1) is 40.0. The van der Waals surface area contributed by atoms with E-state index in [1.807, 2.05) is 0 Å². The number of halogens is 2. The molecule has 3 aliphatic rings. The molecule has 1 aliphatic heterocycles. The van der Waals surface area contributed by atoms with Crippen molar-refractivity contribution in [3.05, 3.63) is 179 Å². The first-order valence-corrected chi connectivity index (χ1v) is 25.7. The molecule has 0 amide bonds. The normalized spacial score (nSPS) is 16.8. The van der Waals surface area contributed by atoms with Crippen LogP contribution in [-0.2, 0) is 16.6 Å². The first-order chi connectivity index (χ1) is 28.2. The second-order valence-corrected chi connectivity index (χ2v) is 24.5. The molecule has 3 heteroatoms. The standard InChI is InChI=1S/2C27H23.C2H4.2ClH.Ti/c2*1-2-3-9-19-16-20-12-8-15-25(26(20)17-19)27-23-13-6-4-10-21(23)18-22-11-5-7-14-24(22)27;1-2;;;/h2*4-8,10-18H,2-3,9H2,1H3;1-2H2;2*1H;/q;;;;;+2/p-2. The number of hydrogen-bond donors (Lipinski definition) is 0. The smallest absolute Gasteiger partial charge is 1.00 e. The van der Waals surface area contributed by atoms with E-state index in [4.69, 9.17) is 0 Å². The van der Waals surface area contributed by atoms with Crippen molar-refractivity contribution in [2.45, 2.75) is 70.3 Å². The Morgan fingerprint density at radius 3 is 1.14 bits per heavy atom. The molecule has 0 radical (unpaired) electrons. The Hall–Kier alpha value is -4.43. The molecule has 2 aliphatic carbocycles. The third-order valence-corrected chi connectivity index (χ3v) is 22.3. The van der Waals surface area contributed by atoms with Gasteiger partial charge in [-0.2, -0.15) is 0 Å². The van der Waals surface area contributed by atoms with E-state index in [0.29, 0.717) is 8.45 Å². The van der Waals surface area contributed by atoms with Crippen LogP contribution < -0.4 is 24.8 Å². The second-order valence-electron chi connectivity index (χ2n) is 17.2. The molecule has 2 atom stereocenters. The van der Waals surface area contributed by atoms with Crippen LogP contribution in [0.15, 0.2) is 157 Å². The predicted octanol–water partition coefficient (Wildman–Crippen LogP) is 10.6. The van der Waals surface area contributed by atoms with Crippen molar-refractivity contribution in [2.24, 2.45) is 0 Å². The van der Waals surface area contributed by atoms with E-state index >= 15 is 0 Å². The number of benzene rings is 8. The quantitative estimate of drug-likeness (QED) is 0.0951. The van der Waals surface area contributed by atoms with Crippen LogP contribution in [-0.4, -0.2) is 0 Å². The summed E-state index contributed by atoms with van der Waals surface area (Å²) < 4.78 is 4.14. The van der Waals surface area contributed by atoms with Gasteiger partial charge in [-0.15, -0.1) is 0 Å². The van der Waals surface area contributed by atoms with Gasteiger partial charge in [0, 0.05) is 0 Å². The van der Waals surface area contributed by atoms with Crippen LogP contribution in [0.2, 0.25) is 9.45 Å². The third-order valence-electron chi connectivity index (χ3n) is 14.0. The Morgan fingerprint density at radius 1 is 0.441 bits per heavy atom. The monoisotopic (exact) mass is 840 g/mol. The summed E-state index contributed by atoms with van der Waals surface area (Å²) in [4.78, 5) is 0. The Bertz CT molecular complexity index is 2660.